The highest BCUT2D eigenvalue weighted by molar-refractivity contribution is 5.41. The monoisotopic (exact) mass is 471 g/mol. The standard InChI is InChI=1S/C23H41N3O7/c1-5-6-9-30-11-13-32-14-12-31-10-7-8-24-22-18(2)16-26(23(27)25-22)21-15-19(29-4)20(33-21)17-28-3/h16,19-21H,5-15,17H2,1-4H3,(H,24,25,27). The lowest BCUT2D eigenvalue weighted by Gasteiger charge is -2.17. The fourth-order valence-corrected chi connectivity index (χ4v) is 3.55. The van der Waals surface area contributed by atoms with Gasteiger partial charge in [-0.3, -0.25) is 4.57 Å². The molecule has 1 N–H and O–H groups in total. The average Bonchev–Trinajstić information content (AvgIpc) is 3.21. The van der Waals surface area contributed by atoms with Crippen molar-refractivity contribution in [2.75, 3.05) is 72.3 Å². The van der Waals surface area contributed by atoms with Gasteiger partial charge >= 0.3 is 5.69 Å². The summed E-state index contributed by atoms with van der Waals surface area (Å²) in [5.74, 6) is 0.581. The molecule has 3 atom stereocenters. The van der Waals surface area contributed by atoms with Crippen molar-refractivity contribution in [1.82, 2.24) is 9.55 Å². The van der Waals surface area contributed by atoms with E-state index in [0.717, 1.165) is 31.4 Å². The Bertz CT molecular complexity index is 716. The van der Waals surface area contributed by atoms with E-state index >= 15 is 0 Å². The minimum atomic E-state index is -0.415. The first-order valence-corrected chi connectivity index (χ1v) is 11.8. The Labute approximate surface area is 196 Å². The largest absolute Gasteiger partial charge is 0.382 e. The number of hydrogen-bond donors (Lipinski definition) is 1. The van der Waals surface area contributed by atoms with Crippen LogP contribution >= 0.6 is 0 Å². The Morgan fingerprint density at radius 3 is 2.39 bits per heavy atom. The van der Waals surface area contributed by atoms with Crippen LogP contribution in [0.2, 0.25) is 0 Å². The molecule has 1 fully saturated rings. The van der Waals surface area contributed by atoms with Crippen molar-refractivity contribution >= 4 is 5.82 Å². The van der Waals surface area contributed by atoms with Crippen LogP contribution in [0.4, 0.5) is 5.82 Å². The lowest BCUT2D eigenvalue weighted by atomic mass is 10.2. The zero-order valence-electron chi connectivity index (χ0n) is 20.5. The zero-order valence-corrected chi connectivity index (χ0v) is 20.5. The predicted molar refractivity (Wildman–Crippen MR) is 125 cm³/mol. The number of nitrogens with one attached hydrogen (secondary N) is 1. The summed E-state index contributed by atoms with van der Waals surface area (Å²) in [6.45, 7) is 8.86. The van der Waals surface area contributed by atoms with Gasteiger partial charge < -0.3 is 33.7 Å². The van der Waals surface area contributed by atoms with E-state index in [-0.39, 0.29) is 17.9 Å². The maximum Gasteiger partial charge on any atom is 0.351 e. The van der Waals surface area contributed by atoms with Crippen molar-refractivity contribution in [2.24, 2.45) is 0 Å². The minimum absolute atomic E-state index is 0.121. The highest BCUT2D eigenvalue weighted by Gasteiger charge is 2.37. The molecule has 2 rings (SSSR count). The molecule has 10 heteroatoms. The molecular weight excluding hydrogens is 430 g/mol. The van der Waals surface area contributed by atoms with E-state index in [2.05, 4.69) is 17.2 Å². The molecule has 1 aromatic heterocycles. The molecule has 0 aromatic carbocycles. The Morgan fingerprint density at radius 1 is 1.09 bits per heavy atom. The van der Waals surface area contributed by atoms with Gasteiger partial charge in [0.1, 0.15) is 18.1 Å². The van der Waals surface area contributed by atoms with Crippen LogP contribution in [-0.2, 0) is 28.4 Å². The van der Waals surface area contributed by atoms with Crippen LogP contribution < -0.4 is 11.0 Å². The van der Waals surface area contributed by atoms with Crippen LogP contribution in [0.5, 0.6) is 0 Å². The minimum Gasteiger partial charge on any atom is -0.382 e. The molecule has 3 unspecified atom stereocenters. The average molecular weight is 472 g/mol. The van der Waals surface area contributed by atoms with Crippen LogP contribution in [0.15, 0.2) is 11.0 Å². The summed E-state index contributed by atoms with van der Waals surface area (Å²) in [5.41, 5.74) is 0.519. The second-order valence-corrected chi connectivity index (χ2v) is 8.03. The highest BCUT2D eigenvalue weighted by atomic mass is 16.6. The van der Waals surface area contributed by atoms with Crippen molar-refractivity contribution in [3.63, 3.8) is 0 Å². The summed E-state index contributed by atoms with van der Waals surface area (Å²) in [7, 11) is 3.26. The number of hydrogen-bond acceptors (Lipinski definition) is 9. The molecule has 1 aliphatic heterocycles. The fourth-order valence-electron chi connectivity index (χ4n) is 3.55. The van der Waals surface area contributed by atoms with E-state index in [1.54, 1.807) is 20.4 Å². The summed E-state index contributed by atoms with van der Waals surface area (Å²) in [6, 6.07) is 0. The summed E-state index contributed by atoms with van der Waals surface area (Å²) >= 11 is 0. The maximum atomic E-state index is 12.6. The molecular formula is C23H41N3O7. The molecule has 0 saturated carbocycles. The lowest BCUT2D eigenvalue weighted by molar-refractivity contribution is -0.0618. The third-order valence-electron chi connectivity index (χ3n) is 5.40. The molecule has 1 saturated heterocycles. The van der Waals surface area contributed by atoms with Crippen molar-refractivity contribution < 1.29 is 28.4 Å². The van der Waals surface area contributed by atoms with Gasteiger partial charge in [0, 0.05) is 52.2 Å². The third kappa shape index (κ3) is 9.68. The molecule has 10 nitrogen and oxygen atoms in total. The van der Waals surface area contributed by atoms with Crippen molar-refractivity contribution in [1.29, 1.82) is 0 Å². The van der Waals surface area contributed by atoms with E-state index in [0.29, 0.717) is 58.4 Å². The van der Waals surface area contributed by atoms with Gasteiger partial charge in [-0.1, -0.05) is 13.3 Å². The summed E-state index contributed by atoms with van der Waals surface area (Å²) < 4.78 is 34.6. The van der Waals surface area contributed by atoms with Gasteiger partial charge in [-0.25, -0.2) is 4.79 Å². The van der Waals surface area contributed by atoms with Gasteiger partial charge in [-0.15, -0.1) is 0 Å². The van der Waals surface area contributed by atoms with Crippen molar-refractivity contribution in [3.05, 3.63) is 22.2 Å². The van der Waals surface area contributed by atoms with E-state index in [1.165, 1.54) is 4.57 Å². The maximum absolute atomic E-state index is 12.6. The lowest BCUT2D eigenvalue weighted by Crippen LogP contribution is -2.29. The van der Waals surface area contributed by atoms with Crippen molar-refractivity contribution in [3.8, 4) is 0 Å². The Morgan fingerprint density at radius 2 is 1.76 bits per heavy atom. The number of methoxy groups -OCH3 is 2. The van der Waals surface area contributed by atoms with Gasteiger partial charge in [0.15, 0.2) is 0 Å². The van der Waals surface area contributed by atoms with E-state index < -0.39 is 6.23 Å². The van der Waals surface area contributed by atoms with E-state index in [4.69, 9.17) is 28.4 Å². The zero-order chi connectivity index (χ0) is 23.9. The van der Waals surface area contributed by atoms with Crippen LogP contribution in [0, 0.1) is 6.92 Å². The van der Waals surface area contributed by atoms with Gasteiger partial charge in [0.2, 0.25) is 0 Å². The number of aryl methyl sites for hydroxylation is 1. The van der Waals surface area contributed by atoms with Crippen molar-refractivity contribution in [2.45, 2.75) is 58.0 Å². The van der Waals surface area contributed by atoms with Crippen LogP contribution in [-0.4, -0.2) is 88.8 Å². The summed E-state index contributed by atoms with van der Waals surface area (Å²) in [5, 5.41) is 3.22. The van der Waals surface area contributed by atoms with Gasteiger partial charge in [0.25, 0.3) is 0 Å². The number of unbranched alkanes of at least 4 members (excludes halogenated alkanes) is 1. The van der Waals surface area contributed by atoms with E-state index in [9.17, 15) is 4.79 Å². The van der Waals surface area contributed by atoms with Crippen LogP contribution in [0.25, 0.3) is 0 Å². The number of aromatic nitrogens is 2. The molecule has 0 amide bonds. The second kappa shape index (κ2) is 16.1. The Balaban J connectivity index is 1.64. The van der Waals surface area contributed by atoms with Crippen LogP contribution in [0.3, 0.4) is 0 Å². The molecule has 0 radical (unpaired) electrons. The predicted octanol–water partition coefficient (Wildman–Crippen LogP) is 2.15. The fraction of sp³-hybridized carbons (Fsp3) is 0.826. The Hall–Kier alpha value is -1.56. The first-order chi connectivity index (χ1) is 16.1. The molecule has 0 spiro atoms. The number of nitrogens with zero attached hydrogens (tertiary/aromatic N) is 2. The van der Waals surface area contributed by atoms with Gasteiger partial charge in [0.05, 0.1) is 39.1 Å². The number of anilines is 1. The topological polar surface area (TPSA) is 102 Å². The second-order valence-electron chi connectivity index (χ2n) is 8.03. The molecule has 1 aromatic rings. The van der Waals surface area contributed by atoms with E-state index in [1.807, 2.05) is 6.92 Å². The Kier molecular flexibility index (Phi) is 13.5. The number of ether oxygens (including phenoxy) is 6. The summed E-state index contributed by atoms with van der Waals surface area (Å²) in [4.78, 5) is 16.8. The highest BCUT2D eigenvalue weighted by Crippen LogP contribution is 2.30. The first-order valence-electron chi connectivity index (χ1n) is 11.8. The molecule has 0 bridgehead atoms. The smallest absolute Gasteiger partial charge is 0.351 e. The van der Waals surface area contributed by atoms with Gasteiger partial charge in [-0.05, 0) is 19.8 Å². The van der Waals surface area contributed by atoms with Crippen LogP contribution in [0.1, 0.15) is 44.4 Å². The SMILES string of the molecule is CCCCOCCOCCOCCCNc1nc(=O)n(C2CC(OC)C(COC)O2)cc1C. The molecule has 0 aliphatic carbocycles. The quantitative estimate of drug-likeness (QED) is 0.323. The third-order valence-corrected chi connectivity index (χ3v) is 5.40. The molecule has 2 heterocycles. The molecule has 1 aliphatic rings. The summed E-state index contributed by atoms with van der Waals surface area (Å²) in [6.07, 6.45) is 4.64. The molecule has 190 valence electrons. The number of rotatable bonds is 18. The van der Waals surface area contributed by atoms with Gasteiger partial charge in [-0.2, -0.15) is 4.98 Å². The normalized spacial score (nSPS) is 20.4. The first kappa shape index (κ1) is 27.7. The molecule has 33 heavy (non-hydrogen) atoms.